The van der Waals surface area contributed by atoms with Crippen LogP contribution in [0, 0.1) is 11.3 Å². The summed E-state index contributed by atoms with van der Waals surface area (Å²) in [5, 5.41) is 26.2. The van der Waals surface area contributed by atoms with Crippen LogP contribution in [0.3, 0.4) is 0 Å². The number of nitriles is 1. The van der Waals surface area contributed by atoms with Crippen LogP contribution >= 0.6 is 0 Å². The molecular weight excluding hydrogens is 402 g/mol. The Labute approximate surface area is 188 Å². The number of benzene rings is 2. The maximum atomic E-state index is 13.1. The Kier molecular flexibility index (Phi) is 6.57. The van der Waals surface area contributed by atoms with Crippen molar-refractivity contribution in [3.8, 4) is 11.8 Å². The number of hydrogen-bond acceptors (Lipinski definition) is 5. The van der Waals surface area contributed by atoms with E-state index in [0.29, 0.717) is 18.0 Å². The standard InChI is InChI=1S/C26H29N3O3/c27-17-26(10-4-5-11-26)20-13-19(14-22(30)15-20)25(32)29-23(12-18-6-2-1-3-7-18)24(31)16-28-21-8-9-21/h1-3,6-7,13-15,21,23,28,30H,4-5,8-12,16H2,(H,29,32). The van der Waals surface area contributed by atoms with Crippen molar-refractivity contribution in [2.24, 2.45) is 0 Å². The van der Waals surface area contributed by atoms with Crippen molar-refractivity contribution in [1.29, 1.82) is 5.26 Å². The van der Waals surface area contributed by atoms with E-state index in [2.05, 4.69) is 16.7 Å². The minimum absolute atomic E-state index is 0.0458. The molecule has 0 aliphatic heterocycles. The van der Waals surface area contributed by atoms with E-state index in [0.717, 1.165) is 44.1 Å². The highest BCUT2D eigenvalue weighted by Crippen LogP contribution is 2.41. The molecule has 2 aliphatic carbocycles. The molecule has 6 heteroatoms. The van der Waals surface area contributed by atoms with Crippen LogP contribution in [0.5, 0.6) is 5.75 Å². The van der Waals surface area contributed by atoms with E-state index in [1.54, 1.807) is 12.1 Å². The average molecular weight is 432 g/mol. The predicted molar refractivity (Wildman–Crippen MR) is 121 cm³/mol. The number of ketones is 1. The smallest absolute Gasteiger partial charge is 0.252 e. The van der Waals surface area contributed by atoms with Crippen LogP contribution in [0.4, 0.5) is 0 Å². The van der Waals surface area contributed by atoms with Crippen LogP contribution in [0.2, 0.25) is 0 Å². The summed E-state index contributed by atoms with van der Waals surface area (Å²) in [5.41, 5.74) is 1.23. The third kappa shape index (κ3) is 5.17. The molecule has 2 fully saturated rings. The molecule has 2 saturated carbocycles. The van der Waals surface area contributed by atoms with Crippen LogP contribution in [0.25, 0.3) is 0 Å². The summed E-state index contributed by atoms with van der Waals surface area (Å²) >= 11 is 0. The number of Topliss-reactive ketones (excluding diaryl/α,β-unsaturated/α-hetero) is 1. The maximum Gasteiger partial charge on any atom is 0.252 e. The second-order valence-corrected chi connectivity index (χ2v) is 9.01. The van der Waals surface area contributed by atoms with Gasteiger partial charge in [0.2, 0.25) is 0 Å². The molecule has 2 aromatic rings. The molecule has 1 unspecified atom stereocenters. The zero-order valence-electron chi connectivity index (χ0n) is 18.1. The Morgan fingerprint density at radius 1 is 1.12 bits per heavy atom. The van der Waals surface area contributed by atoms with Crippen LogP contribution in [-0.4, -0.2) is 35.4 Å². The predicted octanol–water partition coefficient (Wildman–Crippen LogP) is 3.39. The molecule has 2 aliphatic rings. The molecule has 4 rings (SSSR count). The summed E-state index contributed by atoms with van der Waals surface area (Å²) in [6.45, 7) is 0.214. The number of carbonyl (C=O) groups excluding carboxylic acids is 2. The number of amides is 1. The van der Waals surface area contributed by atoms with Crippen molar-refractivity contribution in [2.75, 3.05) is 6.54 Å². The molecule has 2 aromatic carbocycles. The first-order valence-corrected chi connectivity index (χ1v) is 11.4. The van der Waals surface area contributed by atoms with Gasteiger partial charge >= 0.3 is 0 Å². The van der Waals surface area contributed by atoms with Crippen LogP contribution in [0.15, 0.2) is 48.5 Å². The quantitative estimate of drug-likeness (QED) is 0.565. The number of nitrogens with zero attached hydrogens (tertiary/aromatic N) is 1. The Hall–Kier alpha value is -3.17. The molecule has 0 spiro atoms. The van der Waals surface area contributed by atoms with E-state index in [4.69, 9.17) is 0 Å². The average Bonchev–Trinajstić information content (AvgIpc) is 3.51. The molecule has 1 amide bonds. The van der Waals surface area contributed by atoms with E-state index in [1.165, 1.54) is 6.07 Å². The van der Waals surface area contributed by atoms with E-state index >= 15 is 0 Å². The van der Waals surface area contributed by atoms with Crippen molar-refractivity contribution in [1.82, 2.24) is 10.6 Å². The molecule has 3 N–H and O–H groups in total. The SMILES string of the molecule is N#CC1(c2cc(O)cc(C(=O)NC(Cc3ccccc3)C(=O)CNC3CC3)c2)CCCC1. The fraction of sp³-hybridized carbons (Fsp3) is 0.423. The summed E-state index contributed by atoms with van der Waals surface area (Å²) in [6, 6.07) is 16.4. The van der Waals surface area contributed by atoms with Gasteiger partial charge in [-0.3, -0.25) is 9.59 Å². The van der Waals surface area contributed by atoms with Crippen LogP contribution < -0.4 is 10.6 Å². The van der Waals surface area contributed by atoms with Gasteiger partial charge in [0.1, 0.15) is 5.75 Å². The number of nitrogens with one attached hydrogen (secondary N) is 2. The topological polar surface area (TPSA) is 102 Å². The fourth-order valence-corrected chi connectivity index (χ4v) is 4.45. The normalized spacial score (nSPS) is 18.0. The van der Waals surface area contributed by atoms with Gasteiger partial charge in [-0.15, -0.1) is 0 Å². The number of phenolic OH excluding ortho intramolecular Hbond substituents is 1. The van der Waals surface area contributed by atoms with Gasteiger partial charge in [-0.05, 0) is 61.4 Å². The summed E-state index contributed by atoms with van der Waals surface area (Å²) in [6.07, 6.45) is 5.89. The Bertz CT molecular complexity index is 1020. The highest BCUT2D eigenvalue weighted by Gasteiger charge is 2.36. The lowest BCUT2D eigenvalue weighted by atomic mass is 9.79. The number of aromatic hydroxyl groups is 1. The van der Waals surface area contributed by atoms with Gasteiger partial charge in [0.05, 0.1) is 24.1 Å². The molecule has 0 radical (unpaired) electrons. The third-order valence-electron chi connectivity index (χ3n) is 6.52. The van der Waals surface area contributed by atoms with Gasteiger partial charge in [0.15, 0.2) is 5.78 Å². The van der Waals surface area contributed by atoms with Crippen molar-refractivity contribution >= 4 is 11.7 Å². The number of carbonyl (C=O) groups is 2. The molecule has 1 atom stereocenters. The van der Waals surface area contributed by atoms with Crippen molar-refractivity contribution in [3.63, 3.8) is 0 Å². The van der Waals surface area contributed by atoms with E-state index in [1.807, 2.05) is 30.3 Å². The van der Waals surface area contributed by atoms with Crippen LogP contribution in [-0.2, 0) is 16.6 Å². The molecule has 32 heavy (non-hydrogen) atoms. The van der Waals surface area contributed by atoms with E-state index < -0.39 is 17.4 Å². The monoisotopic (exact) mass is 431 g/mol. The molecular formula is C26H29N3O3. The zero-order valence-corrected chi connectivity index (χ0v) is 18.1. The Morgan fingerprint density at radius 2 is 1.84 bits per heavy atom. The molecule has 6 nitrogen and oxygen atoms in total. The van der Waals surface area contributed by atoms with Gasteiger partial charge < -0.3 is 15.7 Å². The lowest BCUT2D eigenvalue weighted by Crippen LogP contribution is -2.46. The first kappa shape index (κ1) is 22.0. The second kappa shape index (κ2) is 9.54. The zero-order chi connectivity index (χ0) is 22.6. The highest BCUT2D eigenvalue weighted by atomic mass is 16.3. The van der Waals surface area contributed by atoms with Gasteiger partial charge in [0.25, 0.3) is 5.91 Å². The van der Waals surface area contributed by atoms with Crippen molar-refractivity contribution in [3.05, 3.63) is 65.2 Å². The van der Waals surface area contributed by atoms with Crippen LogP contribution in [0.1, 0.15) is 60.0 Å². The molecule has 0 saturated heterocycles. The molecule has 0 bridgehead atoms. The lowest BCUT2D eigenvalue weighted by Gasteiger charge is -2.22. The second-order valence-electron chi connectivity index (χ2n) is 9.01. The van der Waals surface area contributed by atoms with Gasteiger partial charge in [-0.1, -0.05) is 43.2 Å². The number of hydrogen-bond donors (Lipinski definition) is 3. The maximum absolute atomic E-state index is 13.1. The fourth-order valence-electron chi connectivity index (χ4n) is 4.45. The third-order valence-corrected chi connectivity index (χ3v) is 6.52. The van der Waals surface area contributed by atoms with E-state index in [-0.39, 0.29) is 23.6 Å². The van der Waals surface area contributed by atoms with E-state index in [9.17, 15) is 20.0 Å². The van der Waals surface area contributed by atoms with Gasteiger partial charge in [-0.2, -0.15) is 5.26 Å². The lowest BCUT2D eigenvalue weighted by molar-refractivity contribution is -0.120. The highest BCUT2D eigenvalue weighted by molar-refractivity contribution is 5.99. The Morgan fingerprint density at radius 3 is 2.50 bits per heavy atom. The minimum atomic E-state index is -0.682. The molecule has 0 heterocycles. The first-order chi connectivity index (χ1) is 15.5. The van der Waals surface area contributed by atoms with Gasteiger partial charge in [0, 0.05) is 11.6 Å². The summed E-state index contributed by atoms with van der Waals surface area (Å²) in [4.78, 5) is 26.1. The number of phenols is 1. The molecule has 166 valence electrons. The minimum Gasteiger partial charge on any atom is -0.508 e. The summed E-state index contributed by atoms with van der Waals surface area (Å²) in [5.74, 6) is -0.539. The van der Waals surface area contributed by atoms with Crippen molar-refractivity contribution < 1.29 is 14.7 Å². The van der Waals surface area contributed by atoms with Gasteiger partial charge in [-0.25, -0.2) is 0 Å². The molecule has 0 aromatic heterocycles. The largest absolute Gasteiger partial charge is 0.508 e. The summed E-state index contributed by atoms with van der Waals surface area (Å²) < 4.78 is 0. The van der Waals surface area contributed by atoms with Crippen molar-refractivity contribution in [2.45, 2.75) is 62.4 Å². The number of rotatable bonds is 9. The Balaban J connectivity index is 1.54. The first-order valence-electron chi connectivity index (χ1n) is 11.4. The summed E-state index contributed by atoms with van der Waals surface area (Å²) in [7, 11) is 0.